The Morgan fingerprint density at radius 3 is 2.09 bits per heavy atom. The number of hydrogen-bond donors (Lipinski definition) is 7. The van der Waals surface area contributed by atoms with Crippen LogP contribution in [0.3, 0.4) is 0 Å². The molecule has 8 fully saturated rings. The van der Waals surface area contributed by atoms with Crippen molar-refractivity contribution in [2.45, 2.75) is 199 Å². The Balaban J connectivity index is 1.15. The molecule has 316 valence electrons. The van der Waals surface area contributed by atoms with Crippen molar-refractivity contribution in [3.63, 3.8) is 0 Å². The first kappa shape index (κ1) is 41.3. The van der Waals surface area contributed by atoms with E-state index in [1.165, 1.54) is 0 Å². The van der Waals surface area contributed by atoms with Crippen molar-refractivity contribution in [2.75, 3.05) is 13.2 Å². The van der Waals surface area contributed by atoms with E-state index < -0.39 is 85.0 Å². The Morgan fingerprint density at radius 1 is 0.727 bits per heavy atom. The van der Waals surface area contributed by atoms with E-state index in [1.807, 2.05) is 0 Å². The lowest BCUT2D eigenvalue weighted by Crippen LogP contribution is -2.65. The van der Waals surface area contributed by atoms with Gasteiger partial charge in [-0.15, -0.1) is 0 Å². The van der Waals surface area contributed by atoms with Crippen LogP contribution in [0.15, 0.2) is 0 Å². The second kappa shape index (κ2) is 13.3. The number of hydrogen-bond acceptors (Lipinski definition) is 12. The van der Waals surface area contributed by atoms with Crippen LogP contribution in [0.4, 0.5) is 0 Å². The summed E-state index contributed by atoms with van der Waals surface area (Å²) < 4.78 is 32.6. The Morgan fingerprint density at radius 2 is 1.44 bits per heavy atom. The van der Waals surface area contributed by atoms with Gasteiger partial charge in [-0.25, -0.2) is 0 Å². The highest BCUT2D eigenvalue weighted by molar-refractivity contribution is 5.33. The predicted molar refractivity (Wildman–Crippen MR) is 200 cm³/mol. The molecule has 3 heterocycles. The molecule has 3 saturated heterocycles. The summed E-state index contributed by atoms with van der Waals surface area (Å²) in [5.41, 5.74) is -1.50. The van der Waals surface area contributed by atoms with Crippen molar-refractivity contribution >= 4 is 0 Å². The third-order valence-electron chi connectivity index (χ3n) is 18.2. The topological polar surface area (TPSA) is 188 Å². The number of aliphatic hydroxyl groups is 7. The molecule has 0 amide bonds. The van der Waals surface area contributed by atoms with Crippen molar-refractivity contribution < 1.29 is 59.4 Å². The molecule has 5 saturated carbocycles. The molecular formula is C43H72O12. The number of fused-ring (bicyclic) bond motifs is 2. The molecule has 12 heteroatoms. The molecular weight excluding hydrogens is 708 g/mol. The van der Waals surface area contributed by atoms with E-state index in [2.05, 4.69) is 55.4 Å². The van der Waals surface area contributed by atoms with E-state index in [4.69, 9.17) is 23.7 Å². The summed E-state index contributed by atoms with van der Waals surface area (Å²) in [6.07, 6.45) is -2.84. The first-order chi connectivity index (χ1) is 25.5. The second-order valence-corrected chi connectivity index (χ2v) is 22.1. The standard InChI is InChI=1S/C43H72O12/c1-21-23(46)19-51-35(29(21)47)54-28-11-13-43-20-42(43)15-14-39(7)33(41(9)12-10-27(55-41)37(2,3)4)22(45)17-40(39,8)26(42)16-24(34(43)38(28,5)6)52-36-32(50)31(49)30(48)25(18-44)53-36/h21-36,44-50H,10-20H2,1-9H3/t21?,22-,23?,24-,25?,26?,27?,28-,29?,30?,31?,32?,33?,34?,35?,36?,39+,40-,41?,42?,43?/m0/s1. The number of aliphatic hydroxyl groups excluding tert-OH is 7. The zero-order valence-corrected chi connectivity index (χ0v) is 34.7. The van der Waals surface area contributed by atoms with Gasteiger partial charge in [0, 0.05) is 11.8 Å². The Labute approximate surface area is 327 Å². The zero-order valence-electron chi connectivity index (χ0n) is 34.7. The van der Waals surface area contributed by atoms with Gasteiger partial charge in [-0.3, -0.25) is 0 Å². The van der Waals surface area contributed by atoms with Gasteiger partial charge in [0.2, 0.25) is 0 Å². The van der Waals surface area contributed by atoms with Crippen LogP contribution in [0, 0.1) is 56.2 Å². The van der Waals surface area contributed by atoms with E-state index in [1.54, 1.807) is 6.92 Å². The average molecular weight is 781 g/mol. The smallest absolute Gasteiger partial charge is 0.186 e. The molecule has 5 aliphatic carbocycles. The molecule has 12 nitrogen and oxygen atoms in total. The summed E-state index contributed by atoms with van der Waals surface area (Å²) in [7, 11) is 0. The fourth-order valence-corrected chi connectivity index (χ4v) is 15.1. The van der Waals surface area contributed by atoms with E-state index >= 15 is 0 Å². The maximum Gasteiger partial charge on any atom is 0.186 e. The third-order valence-corrected chi connectivity index (χ3v) is 18.2. The maximum atomic E-state index is 12.3. The molecule has 8 rings (SSSR count). The molecule has 21 atom stereocenters. The quantitative estimate of drug-likeness (QED) is 0.196. The second-order valence-electron chi connectivity index (χ2n) is 22.1. The molecule has 3 aliphatic heterocycles. The molecule has 0 radical (unpaired) electrons. The van der Waals surface area contributed by atoms with E-state index in [0.717, 1.165) is 44.9 Å². The Kier molecular flexibility index (Phi) is 9.95. The van der Waals surface area contributed by atoms with Crippen LogP contribution in [-0.4, -0.2) is 128 Å². The van der Waals surface area contributed by atoms with Crippen molar-refractivity contribution in [1.82, 2.24) is 0 Å². The van der Waals surface area contributed by atoms with Crippen molar-refractivity contribution in [2.24, 2.45) is 56.2 Å². The van der Waals surface area contributed by atoms with Crippen LogP contribution in [0.1, 0.15) is 120 Å². The van der Waals surface area contributed by atoms with Gasteiger partial charge in [0.05, 0.1) is 49.3 Å². The molecule has 0 aromatic rings. The van der Waals surface area contributed by atoms with Gasteiger partial charge in [0.25, 0.3) is 0 Å². The molecule has 55 heavy (non-hydrogen) atoms. The van der Waals surface area contributed by atoms with Crippen molar-refractivity contribution in [1.29, 1.82) is 0 Å². The fraction of sp³-hybridized carbons (Fsp3) is 1.00. The van der Waals surface area contributed by atoms with Gasteiger partial charge in [0.15, 0.2) is 12.6 Å². The van der Waals surface area contributed by atoms with Gasteiger partial charge in [-0.1, -0.05) is 55.4 Å². The highest BCUT2D eigenvalue weighted by Gasteiger charge is 2.85. The predicted octanol–water partition coefficient (Wildman–Crippen LogP) is 3.27. The number of rotatable bonds is 6. The van der Waals surface area contributed by atoms with Gasteiger partial charge in [-0.2, -0.15) is 0 Å². The average Bonchev–Trinajstić information content (AvgIpc) is 3.47. The van der Waals surface area contributed by atoms with E-state index in [9.17, 15) is 35.7 Å². The van der Waals surface area contributed by atoms with Crippen LogP contribution >= 0.6 is 0 Å². The van der Waals surface area contributed by atoms with Crippen LogP contribution in [0.25, 0.3) is 0 Å². The fourth-order valence-electron chi connectivity index (χ4n) is 15.1. The number of ether oxygens (including phenoxy) is 5. The first-order valence-corrected chi connectivity index (χ1v) is 21.5. The minimum absolute atomic E-state index is 0.00591. The summed E-state index contributed by atoms with van der Waals surface area (Å²) in [5.74, 6) is -0.313. The minimum Gasteiger partial charge on any atom is -0.394 e. The van der Waals surface area contributed by atoms with Crippen molar-refractivity contribution in [3.8, 4) is 0 Å². The third kappa shape index (κ3) is 5.73. The minimum atomic E-state index is -1.56. The van der Waals surface area contributed by atoms with E-state index in [-0.39, 0.29) is 63.6 Å². The van der Waals surface area contributed by atoms with Crippen LogP contribution in [0.5, 0.6) is 0 Å². The molecule has 0 aromatic heterocycles. The highest BCUT2D eigenvalue weighted by Crippen LogP contribution is 2.89. The normalized spacial score (nSPS) is 58.7. The summed E-state index contributed by atoms with van der Waals surface area (Å²) in [6.45, 7) is 19.5. The summed E-state index contributed by atoms with van der Waals surface area (Å²) >= 11 is 0. The molecule has 2 spiro atoms. The summed E-state index contributed by atoms with van der Waals surface area (Å²) in [4.78, 5) is 0. The van der Waals surface area contributed by atoms with Crippen molar-refractivity contribution in [3.05, 3.63) is 0 Å². The Hall–Kier alpha value is -0.480. The lowest BCUT2D eigenvalue weighted by Gasteiger charge is -2.65. The van der Waals surface area contributed by atoms with Gasteiger partial charge < -0.3 is 59.4 Å². The first-order valence-electron chi connectivity index (χ1n) is 21.5. The molecule has 0 aromatic carbocycles. The Bertz CT molecular complexity index is 1450. The molecule has 7 N–H and O–H groups in total. The van der Waals surface area contributed by atoms with Crippen LogP contribution in [-0.2, 0) is 23.7 Å². The van der Waals surface area contributed by atoms with Gasteiger partial charge in [-0.05, 0) is 109 Å². The molecule has 16 unspecified atom stereocenters. The molecule has 8 aliphatic rings. The largest absolute Gasteiger partial charge is 0.394 e. The van der Waals surface area contributed by atoms with Gasteiger partial charge in [0.1, 0.15) is 30.5 Å². The SMILES string of the molecule is CC1C(O)COC(O[C@H]2CCC34CC35CC[C@]3(C)C(C6(C)CCC(C(C)(C)C)O6)[C@@H](O)C[C@@]3(C)C5C[C@H](OC3OC(CO)C(O)C(O)C3O)C4C2(C)C)C1O. The van der Waals surface area contributed by atoms with Gasteiger partial charge >= 0.3 is 0 Å². The maximum absolute atomic E-state index is 12.3. The van der Waals surface area contributed by atoms with E-state index in [0.29, 0.717) is 12.8 Å². The highest BCUT2D eigenvalue weighted by atomic mass is 16.7. The zero-order chi connectivity index (χ0) is 40.1. The van der Waals surface area contributed by atoms with Crippen LogP contribution < -0.4 is 0 Å². The summed E-state index contributed by atoms with van der Waals surface area (Å²) in [5, 5.41) is 76.6. The monoisotopic (exact) mass is 781 g/mol. The molecule has 0 bridgehead atoms. The lowest BCUT2D eigenvalue weighted by molar-refractivity contribution is -0.337. The lowest BCUT2D eigenvalue weighted by atomic mass is 9.41. The summed E-state index contributed by atoms with van der Waals surface area (Å²) in [6, 6.07) is 0. The van der Waals surface area contributed by atoms with Crippen LogP contribution in [0.2, 0.25) is 0 Å².